The third-order valence-electron chi connectivity index (χ3n) is 3.38. The van der Waals surface area contributed by atoms with Gasteiger partial charge in [-0.05, 0) is 30.7 Å². The van der Waals surface area contributed by atoms with E-state index < -0.39 is 0 Å². The summed E-state index contributed by atoms with van der Waals surface area (Å²) in [5.41, 5.74) is 1.52. The van der Waals surface area contributed by atoms with Crippen LogP contribution in [0.3, 0.4) is 0 Å². The Bertz CT molecular complexity index is 1010. The molecular weight excluding hydrogens is 308 g/mol. The minimum atomic E-state index is -0.312. The Kier molecular flexibility index (Phi) is 4.48. The van der Waals surface area contributed by atoms with Gasteiger partial charge in [0.25, 0.3) is 11.1 Å². The molecule has 0 unspecified atom stereocenters. The molecule has 4 nitrogen and oxygen atoms in total. The largest absolute Gasteiger partial charge is 0.316 e. The Morgan fingerprint density at radius 3 is 2.22 bits per heavy atom. The van der Waals surface area contributed by atoms with Crippen LogP contribution >= 0.6 is 11.8 Å². The summed E-state index contributed by atoms with van der Waals surface area (Å²) >= 11 is 1.64. The predicted molar refractivity (Wildman–Crippen MR) is 95.7 cm³/mol. The van der Waals surface area contributed by atoms with Crippen LogP contribution < -0.4 is 21.8 Å². The molecule has 0 saturated heterocycles. The fourth-order valence-corrected chi connectivity index (χ4v) is 3.02. The minimum absolute atomic E-state index is 0.249. The van der Waals surface area contributed by atoms with Crippen LogP contribution in [-0.4, -0.2) is 15.7 Å². The molecule has 23 heavy (non-hydrogen) atoms. The molecule has 5 heteroatoms. The zero-order chi connectivity index (χ0) is 16.2. The highest BCUT2D eigenvalue weighted by atomic mass is 32.2. The van der Waals surface area contributed by atoms with E-state index >= 15 is 0 Å². The van der Waals surface area contributed by atoms with E-state index in [0.29, 0.717) is 0 Å². The van der Waals surface area contributed by atoms with Gasteiger partial charge in [0.2, 0.25) is 0 Å². The molecule has 0 amide bonds. The maximum atomic E-state index is 12.2. The monoisotopic (exact) mass is 324 g/mol. The maximum Gasteiger partial charge on any atom is 0.272 e. The average molecular weight is 324 g/mol. The quantitative estimate of drug-likeness (QED) is 0.874. The fourth-order valence-electron chi connectivity index (χ4n) is 2.16. The molecular formula is C18H16N2O2S. The third kappa shape index (κ3) is 3.81. The second-order valence-corrected chi connectivity index (χ2v) is 6.35. The van der Waals surface area contributed by atoms with E-state index in [4.69, 9.17) is 0 Å². The van der Waals surface area contributed by atoms with Gasteiger partial charge in [-0.2, -0.15) is 0 Å². The van der Waals surface area contributed by atoms with E-state index in [1.54, 1.807) is 23.9 Å². The van der Waals surface area contributed by atoms with E-state index in [0.717, 1.165) is 16.2 Å². The Hall–Kier alpha value is -2.53. The zero-order valence-electron chi connectivity index (χ0n) is 12.6. The van der Waals surface area contributed by atoms with Crippen LogP contribution in [-0.2, 0) is 0 Å². The van der Waals surface area contributed by atoms with Crippen molar-refractivity contribution in [1.82, 2.24) is 9.97 Å². The first-order valence-electron chi connectivity index (χ1n) is 7.23. The van der Waals surface area contributed by atoms with Gasteiger partial charge in [0.05, 0.1) is 0 Å². The van der Waals surface area contributed by atoms with Gasteiger partial charge in [-0.1, -0.05) is 42.0 Å². The van der Waals surface area contributed by atoms with Crippen LogP contribution in [0.15, 0.2) is 62.6 Å². The Balaban J connectivity index is 2.07. The van der Waals surface area contributed by atoms with Crippen molar-refractivity contribution in [2.24, 2.45) is 0 Å². The van der Waals surface area contributed by atoms with Crippen molar-refractivity contribution in [1.29, 1.82) is 0 Å². The number of aromatic nitrogens is 2. The molecule has 116 valence electrons. The second kappa shape index (κ2) is 6.71. The molecule has 2 N–H and O–H groups in total. The summed E-state index contributed by atoms with van der Waals surface area (Å²) in [4.78, 5) is 30.6. The topological polar surface area (TPSA) is 65.7 Å². The van der Waals surface area contributed by atoms with Gasteiger partial charge in [0.1, 0.15) is 10.7 Å². The fraction of sp³-hybridized carbons (Fsp3) is 0.111. The first-order chi connectivity index (χ1) is 11.1. The summed E-state index contributed by atoms with van der Waals surface area (Å²) < 4.78 is 0. The van der Waals surface area contributed by atoms with Crippen molar-refractivity contribution in [3.63, 3.8) is 0 Å². The van der Waals surface area contributed by atoms with Gasteiger partial charge in [0.15, 0.2) is 0 Å². The summed E-state index contributed by atoms with van der Waals surface area (Å²) in [6, 6.07) is 9.39. The third-order valence-corrected chi connectivity index (χ3v) is 4.57. The second-order valence-electron chi connectivity index (χ2n) is 5.31. The molecule has 2 heterocycles. The Morgan fingerprint density at radius 2 is 1.61 bits per heavy atom. The highest BCUT2D eigenvalue weighted by molar-refractivity contribution is 8.03. The lowest BCUT2D eigenvalue weighted by Crippen LogP contribution is -2.46. The van der Waals surface area contributed by atoms with Gasteiger partial charge in [-0.3, -0.25) is 9.59 Å². The van der Waals surface area contributed by atoms with E-state index in [9.17, 15) is 9.59 Å². The highest BCUT2D eigenvalue weighted by Crippen LogP contribution is 2.24. The van der Waals surface area contributed by atoms with Crippen LogP contribution in [0, 0.1) is 0 Å². The minimum Gasteiger partial charge on any atom is -0.316 e. The maximum absolute atomic E-state index is 12.2. The molecule has 0 spiro atoms. The number of thioether (sulfide) groups is 1. The number of rotatable bonds is 2. The highest BCUT2D eigenvalue weighted by Gasteiger charge is 2.02. The van der Waals surface area contributed by atoms with Gasteiger partial charge in [0, 0.05) is 10.7 Å². The molecule has 0 fully saturated rings. The summed E-state index contributed by atoms with van der Waals surface area (Å²) in [5.74, 6) is 0.893. The summed E-state index contributed by atoms with van der Waals surface area (Å²) in [5, 5.41) is 0.520. The predicted octanol–water partition coefficient (Wildman–Crippen LogP) is 1.25. The average Bonchev–Trinajstić information content (AvgIpc) is 2.55. The van der Waals surface area contributed by atoms with E-state index in [-0.39, 0.29) is 21.8 Å². The molecule has 0 saturated carbocycles. The normalized spacial score (nSPS) is 16.2. The number of hydrogen-bond donors (Lipinski definition) is 2. The Morgan fingerprint density at radius 1 is 0.957 bits per heavy atom. The molecule has 0 atom stereocenters. The lowest BCUT2D eigenvalue weighted by Gasteiger charge is -2.07. The summed E-state index contributed by atoms with van der Waals surface area (Å²) in [6.07, 6.45) is 7.34. The first kappa shape index (κ1) is 15.4. The van der Waals surface area contributed by atoms with Crippen LogP contribution in [0.5, 0.6) is 0 Å². The molecule has 1 aromatic carbocycles. The summed E-state index contributed by atoms with van der Waals surface area (Å²) in [7, 11) is 0. The standard InChI is InChI=1S/C18H16N2O2S/c1-12-7-8-14(23-11-12)10-16-18(22)19-15(17(21)20-16)9-13-5-3-2-4-6-13/h2-10H,11H2,1H3,(H,19,22)(H,20,21)/b15-9-,16-10-. The van der Waals surface area contributed by atoms with Crippen LogP contribution in [0.2, 0.25) is 0 Å². The van der Waals surface area contributed by atoms with Crippen LogP contribution in [0.1, 0.15) is 12.5 Å². The number of aromatic amines is 2. The van der Waals surface area contributed by atoms with E-state index in [1.807, 2.05) is 42.5 Å². The molecule has 0 radical (unpaired) electrons. The molecule has 2 aromatic rings. The Labute approximate surface area is 137 Å². The zero-order valence-corrected chi connectivity index (χ0v) is 13.4. The molecule has 3 rings (SSSR count). The smallest absolute Gasteiger partial charge is 0.272 e. The summed E-state index contributed by atoms with van der Waals surface area (Å²) in [6.45, 7) is 2.06. The van der Waals surface area contributed by atoms with Crippen LogP contribution in [0.4, 0.5) is 0 Å². The lowest BCUT2D eigenvalue weighted by molar-refractivity contribution is 1.00. The van der Waals surface area contributed by atoms with Gasteiger partial charge in [-0.25, -0.2) is 0 Å². The number of hydrogen-bond acceptors (Lipinski definition) is 3. The number of allylic oxidation sites excluding steroid dienone is 3. The number of H-pyrrole nitrogens is 2. The van der Waals surface area contributed by atoms with Crippen molar-refractivity contribution in [3.05, 3.63) is 89.9 Å². The molecule has 1 aromatic heterocycles. The molecule has 0 bridgehead atoms. The van der Waals surface area contributed by atoms with E-state index in [1.165, 1.54) is 5.57 Å². The van der Waals surface area contributed by atoms with Crippen molar-refractivity contribution in [2.75, 3.05) is 5.75 Å². The van der Waals surface area contributed by atoms with Crippen molar-refractivity contribution in [2.45, 2.75) is 6.92 Å². The molecule has 1 aliphatic heterocycles. The van der Waals surface area contributed by atoms with Crippen LogP contribution in [0.25, 0.3) is 12.2 Å². The number of benzene rings is 1. The molecule has 1 aliphatic rings. The SMILES string of the molecule is CC1=CC=C(/C=c2\[nH]c(=O)/c(=C/c3ccccc3)[nH]c2=O)SC1. The van der Waals surface area contributed by atoms with E-state index in [2.05, 4.69) is 16.9 Å². The first-order valence-corrected chi connectivity index (χ1v) is 8.22. The van der Waals surface area contributed by atoms with Crippen molar-refractivity contribution in [3.8, 4) is 0 Å². The molecule has 0 aliphatic carbocycles. The van der Waals surface area contributed by atoms with Gasteiger partial charge >= 0.3 is 0 Å². The van der Waals surface area contributed by atoms with Gasteiger partial charge < -0.3 is 9.97 Å². The van der Waals surface area contributed by atoms with Crippen molar-refractivity contribution < 1.29 is 0 Å². The van der Waals surface area contributed by atoms with Gasteiger partial charge in [-0.15, -0.1) is 11.8 Å². The lowest BCUT2D eigenvalue weighted by atomic mass is 10.2. The number of nitrogens with one attached hydrogen (secondary N) is 2. The van der Waals surface area contributed by atoms with Crippen molar-refractivity contribution >= 4 is 23.9 Å².